The number of piperazine rings is 1. The Balaban J connectivity index is 1.18. The number of fused-ring (bicyclic) bond motifs is 1. The average Bonchev–Trinajstić information content (AvgIpc) is 3.65. The number of hydrogen-bond acceptors (Lipinski definition) is 8. The van der Waals surface area contributed by atoms with Crippen molar-refractivity contribution in [1.29, 1.82) is 0 Å². The summed E-state index contributed by atoms with van der Waals surface area (Å²) in [6, 6.07) is 9.70. The van der Waals surface area contributed by atoms with Gasteiger partial charge in [-0.1, -0.05) is 30.3 Å². The van der Waals surface area contributed by atoms with Crippen molar-refractivity contribution in [2.75, 3.05) is 47.0 Å². The van der Waals surface area contributed by atoms with Gasteiger partial charge in [-0.2, -0.15) is 0 Å². The summed E-state index contributed by atoms with van der Waals surface area (Å²) in [5.41, 5.74) is 0.986. The highest BCUT2D eigenvalue weighted by Gasteiger charge is 2.73. The van der Waals surface area contributed by atoms with Crippen molar-refractivity contribution >= 4 is 28.4 Å². The van der Waals surface area contributed by atoms with Crippen LogP contribution >= 0.6 is 0 Å². The minimum absolute atomic E-state index is 0.0572. The molecule has 0 bridgehead atoms. The van der Waals surface area contributed by atoms with E-state index in [4.69, 9.17) is 14.2 Å². The molecule has 1 aliphatic carbocycles. The van der Waals surface area contributed by atoms with E-state index >= 15 is 0 Å². The predicted octanol–water partition coefficient (Wildman–Crippen LogP) is 1.41. The van der Waals surface area contributed by atoms with Crippen molar-refractivity contribution in [2.24, 2.45) is 0 Å². The van der Waals surface area contributed by atoms with Crippen LogP contribution in [0.5, 0.6) is 11.6 Å². The number of methoxy groups -OCH3 is 2. The van der Waals surface area contributed by atoms with Crippen LogP contribution in [0.1, 0.15) is 21.8 Å². The number of carbonyl (C=O) groups is 3. The van der Waals surface area contributed by atoms with Crippen LogP contribution in [0.15, 0.2) is 42.7 Å². The first-order chi connectivity index (χ1) is 17.5. The van der Waals surface area contributed by atoms with Crippen LogP contribution in [0.4, 0.5) is 0 Å². The number of nitrogens with one attached hydrogen (secondary N) is 1. The standard InChI is InChI=1S/C26H26N4O6/c1-34-17-13-28-24(35-2)20-19(17)16(12-27-20)21(31)25(33)30-10-8-29(9-11-30)22-18(15-6-4-3-5-7-15)23(32)26(22)14-36-26/h3-7,12-13,18,22,27H,8-11,14H2,1-2H3. The number of benzene rings is 1. The zero-order chi connectivity index (χ0) is 25.0. The first-order valence-corrected chi connectivity index (χ1v) is 11.9. The second-order valence-corrected chi connectivity index (χ2v) is 9.32. The minimum Gasteiger partial charge on any atom is -0.494 e. The lowest BCUT2D eigenvalue weighted by Gasteiger charge is -2.50. The molecule has 3 unspecified atom stereocenters. The predicted molar refractivity (Wildman–Crippen MR) is 128 cm³/mol. The first kappa shape index (κ1) is 22.7. The maximum Gasteiger partial charge on any atom is 0.295 e. The van der Waals surface area contributed by atoms with Gasteiger partial charge in [0.15, 0.2) is 11.4 Å². The topological polar surface area (TPSA) is 117 Å². The van der Waals surface area contributed by atoms with Crippen molar-refractivity contribution in [3.8, 4) is 11.6 Å². The zero-order valence-corrected chi connectivity index (χ0v) is 20.0. The highest BCUT2D eigenvalue weighted by Crippen LogP contribution is 2.54. The number of ether oxygens (including phenoxy) is 3. The zero-order valence-electron chi connectivity index (χ0n) is 20.0. The first-order valence-electron chi connectivity index (χ1n) is 11.9. The van der Waals surface area contributed by atoms with E-state index in [0.717, 1.165) is 5.56 Å². The van der Waals surface area contributed by atoms with Gasteiger partial charge < -0.3 is 24.1 Å². The molecule has 10 heteroatoms. The molecule has 1 N–H and O–H groups in total. The van der Waals surface area contributed by atoms with Gasteiger partial charge in [0.25, 0.3) is 11.7 Å². The number of hydrogen-bond donors (Lipinski definition) is 1. The van der Waals surface area contributed by atoms with Crippen LogP contribution in [0, 0.1) is 0 Å². The molecule has 1 amide bonds. The molecule has 1 spiro atoms. The van der Waals surface area contributed by atoms with E-state index in [-0.39, 0.29) is 23.3 Å². The summed E-state index contributed by atoms with van der Waals surface area (Å²) in [6.45, 7) is 2.33. The number of rotatable bonds is 6. The molecule has 2 aromatic heterocycles. The number of H-pyrrole nitrogens is 1. The number of aromatic nitrogens is 2. The SMILES string of the molecule is COc1ncc(OC)c2c(C(=O)C(=O)N3CCN(C4C(c5ccccc5)C(=O)C45CO5)CC3)c[nH]c12. The molecule has 186 valence electrons. The number of pyridine rings is 1. The Morgan fingerprint density at radius 3 is 2.47 bits per heavy atom. The van der Waals surface area contributed by atoms with Crippen LogP contribution in [0.3, 0.4) is 0 Å². The van der Waals surface area contributed by atoms with Gasteiger partial charge in [-0.3, -0.25) is 19.3 Å². The molecule has 3 aromatic rings. The Morgan fingerprint density at radius 1 is 1.11 bits per heavy atom. The summed E-state index contributed by atoms with van der Waals surface area (Å²) in [4.78, 5) is 50.3. The Morgan fingerprint density at radius 2 is 1.83 bits per heavy atom. The van der Waals surface area contributed by atoms with Gasteiger partial charge in [0, 0.05) is 32.4 Å². The number of nitrogens with zero attached hydrogens (tertiary/aromatic N) is 3. The molecule has 10 nitrogen and oxygen atoms in total. The Labute approximate surface area is 207 Å². The van der Waals surface area contributed by atoms with Crippen molar-refractivity contribution in [1.82, 2.24) is 19.8 Å². The molecule has 36 heavy (non-hydrogen) atoms. The summed E-state index contributed by atoms with van der Waals surface area (Å²) >= 11 is 0. The number of epoxide rings is 1. The minimum atomic E-state index is -0.712. The molecule has 2 aliphatic heterocycles. The fraction of sp³-hybridized carbons (Fsp3) is 0.385. The molecule has 6 rings (SSSR count). The lowest BCUT2D eigenvalue weighted by molar-refractivity contribution is -0.145. The third-order valence-electron chi connectivity index (χ3n) is 7.59. The number of amides is 1. The Bertz CT molecular complexity index is 1360. The van der Waals surface area contributed by atoms with Gasteiger partial charge in [-0.15, -0.1) is 0 Å². The lowest BCUT2D eigenvalue weighted by Crippen LogP contribution is -2.68. The van der Waals surface area contributed by atoms with Gasteiger partial charge in [0.05, 0.1) is 49.9 Å². The molecular weight excluding hydrogens is 464 g/mol. The summed E-state index contributed by atoms with van der Waals surface area (Å²) < 4.78 is 16.3. The maximum absolute atomic E-state index is 13.3. The highest BCUT2D eigenvalue weighted by atomic mass is 16.6. The summed E-state index contributed by atoms with van der Waals surface area (Å²) in [5, 5.41) is 0.466. The Hall–Kier alpha value is -3.76. The largest absolute Gasteiger partial charge is 0.494 e. The smallest absolute Gasteiger partial charge is 0.295 e. The van der Waals surface area contributed by atoms with Crippen molar-refractivity contribution < 1.29 is 28.6 Å². The van der Waals surface area contributed by atoms with Crippen LogP contribution < -0.4 is 9.47 Å². The number of aromatic amines is 1. The van der Waals surface area contributed by atoms with E-state index in [1.807, 2.05) is 30.3 Å². The van der Waals surface area contributed by atoms with E-state index in [1.165, 1.54) is 26.6 Å². The number of Topliss-reactive ketones (excluding diaryl/α,β-unsaturated/α-hetero) is 2. The molecule has 3 aliphatic rings. The molecule has 1 saturated carbocycles. The second kappa shape index (κ2) is 8.42. The number of ketones is 2. The van der Waals surface area contributed by atoms with Gasteiger partial charge in [0.1, 0.15) is 11.3 Å². The van der Waals surface area contributed by atoms with Crippen LogP contribution in [0.25, 0.3) is 10.9 Å². The van der Waals surface area contributed by atoms with Crippen LogP contribution in [-0.4, -0.2) is 95.9 Å². The van der Waals surface area contributed by atoms with Gasteiger partial charge >= 0.3 is 0 Å². The maximum atomic E-state index is 13.3. The second-order valence-electron chi connectivity index (χ2n) is 9.32. The fourth-order valence-corrected chi connectivity index (χ4v) is 5.66. The summed E-state index contributed by atoms with van der Waals surface area (Å²) in [5.74, 6) is -0.612. The van der Waals surface area contributed by atoms with Crippen LogP contribution in [0.2, 0.25) is 0 Å². The van der Waals surface area contributed by atoms with Crippen molar-refractivity contribution in [2.45, 2.75) is 17.6 Å². The lowest BCUT2D eigenvalue weighted by atomic mass is 9.64. The van der Waals surface area contributed by atoms with Crippen LogP contribution in [-0.2, 0) is 14.3 Å². The van der Waals surface area contributed by atoms with Gasteiger partial charge in [-0.05, 0) is 5.56 Å². The highest BCUT2D eigenvalue weighted by molar-refractivity contribution is 6.45. The summed E-state index contributed by atoms with van der Waals surface area (Å²) in [7, 11) is 2.96. The van der Waals surface area contributed by atoms with Gasteiger partial charge in [-0.25, -0.2) is 4.98 Å². The monoisotopic (exact) mass is 490 g/mol. The third-order valence-corrected chi connectivity index (χ3v) is 7.59. The van der Waals surface area contributed by atoms with E-state index in [9.17, 15) is 14.4 Å². The molecule has 4 heterocycles. The Kier molecular flexibility index (Phi) is 5.31. The average molecular weight is 491 g/mol. The van der Waals surface area contributed by atoms with E-state index in [0.29, 0.717) is 55.3 Å². The van der Waals surface area contributed by atoms with Crippen molar-refractivity contribution in [3.63, 3.8) is 0 Å². The normalized spacial score (nSPS) is 25.6. The van der Waals surface area contributed by atoms with Crippen molar-refractivity contribution in [3.05, 3.63) is 53.9 Å². The molecule has 3 atom stereocenters. The number of carbonyl (C=O) groups excluding carboxylic acids is 3. The fourth-order valence-electron chi connectivity index (χ4n) is 5.66. The van der Waals surface area contributed by atoms with E-state index in [2.05, 4.69) is 14.9 Å². The van der Waals surface area contributed by atoms with E-state index in [1.54, 1.807) is 4.90 Å². The molecule has 3 fully saturated rings. The summed E-state index contributed by atoms with van der Waals surface area (Å²) in [6.07, 6.45) is 2.96. The molecular formula is C26H26N4O6. The van der Waals surface area contributed by atoms with Gasteiger partial charge in [0.2, 0.25) is 5.88 Å². The molecule has 2 saturated heterocycles. The molecule has 0 radical (unpaired) electrons. The third kappa shape index (κ3) is 3.25. The van der Waals surface area contributed by atoms with E-state index < -0.39 is 17.3 Å². The quantitative estimate of drug-likeness (QED) is 0.313. The molecule has 1 aromatic carbocycles.